The topological polar surface area (TPSA) is 58.2 Å². The predicted octanol–water partition coefficient (Wildman–Crippen LogP) is 1.80. The summed E-state index contributed by atoms with van der Waals surface area (Å²) in [5.41, 5.74) is 2.92. The maximum atomic E-state index is 11.7. The minimum absolute atomic E-state index is 0.418. The SMILES string of the molecule is CC(C)S(=O)(=O)Nc1ccc2c(c1)CCN2. The van der Waals surface area contributed by atoms with Crippen LogP contribution in [0.25, 0.3) is 0 Å². The third-order valence-electron chi connectivity index (χ3n) is 2.70. The van der Waals surface area contributed by atoms with Crippen LogP contribution in [0.4, 0.5) is 11.4 Å². The average Bonchev–Trinajstić information content (AvgIpc) is 2.63. The Morgan fingerprint density at radius 1 is 1.38 bits per heavy atom. The van der Waals surface area contributed by atoms with Gasteiger partial charge in [0.2, 0.25) is 10.0 Å². The van der Waals surface area contributed by atoms with E-state index in [4.69, 9.17) is 0 Å². The summed E-state index contributed by atoms with van der Waals surface area (Å²) in [6.07, 6.45) is 0.951. The largest absolute Gasteiger partial charge is 0.384 e. The Kier molecular flexibility index (Phi) is 2.80. The van der Waals surface area contributed by atoms with Crippen molar-refractivity contribution in [2.24, 2.45) is 0 Å². The highest BCUT2D eigenvalue weighted by Crippen LogP contribution is 2.26. The van der Waals surface area contributed by atoms with Gasteiger partial charge in [-0.25, -0.2) is 8.42 Å². The van der Waals surface area contributed by atoms with Crippen LogP contribution in [0.15, 0.2) is 18.2 Å². The van der Waals surface area contributed by atoms with Crippen LogP contribution in [0.2, 0.25) is 0 Å². The van der Waals surface area contributed by atoms with Gasteiger partial charge in [0, 0.05) is 17.9 Å². The molecule has 0 bridgehead atoms. The molecule has 5 heteroatoms. The van der Waals surface area contributed by atoms with Gasteiger partial charge in [0.15, 0.2) is 0 Å². The van der Waals surface area contributed by atoms with Gasteiger partial charge in [0.25, 0.3) is 0 Å². The van der Waals surface area contributed by atoms with Crippen molar-refractivity contribution in [3.05, 3.63) is 23.8 Å². The van der Waals surface area contributed by atoms with Crippen molar-refractivity contribution in [1.82, 2.24) is 0 Å². The molecule has 0 spiro atoms. The van der Waals surface area contributed by atoms with E-state index < -0.39 is 15.3 Å². The molecule has 0 fully saturated rings. The van der Waals surface area contributed by atoms with E-state index in [1.807, 2.05) is 12.1 Å². The third-order valence-corrected chi connectivity index (χ3v) is 4.46. The highest BCUT2D eigenvalue weighted by Gasteiger charge is 2.17. The van der Waals surface area contributed by atoms with E-state index >= 15 is 0 Å². The number of sulfonamides is 1. The quantitative estimate of drug-likeness (QED) is 0.847. The molecular formula is C11H16N2O2S. The number of fused-ring (bicyclic) bond motifs is 1. The lowest BCUT2D eigenvalue weighted by molar-refractivity contribution is 0.593. The molecule has 0 aliphatic carbocycles. The van der Waals surface area contributed by atoms with Gasteiger partial charge in [0.1, 0.15) is 0 Å². The van der Waals surface area contributed by atoms with Crippen LogP contribution in [-0.4, -0.2) is 20.2 Å². The first kappa shape index (κ1) is 11.3. The minimum Gasteiger partial charge on any atom is -0.384 e. The number of benzene rings is 1. The van der Waals surface area contributed by atoms with E-state index in [9.17, 15) is 8.42 Å². The number of hydrogen-bond acceptors (Lipinski definition) is 3. The fourth-order valence-electron chi connectivity index (χ4n) is 1.65. The van der Waals surface area contributed by atoms with E-state index in [0.717, 1.165) is 18.7 Å². The summed E-state index contributed by atoms with van der Waals surface area (Å²) in [4.78, 5) is 0. The van der Waals surface area contributed by atoms with Crippen LogP contribution < -0.4 is 10.0 Å². The highest BCUT2D eigenvalue weighted by molar-refractivity contribution is 7.93. The van der Waals surface area contributed by atoms with E-state index in [1.165, 1.54) is 5.56 Å². The predicted molar refractivity (Wildman–Crippen MR) is 66.3 cm³/mol. The second-order valence-corrected chi connectivity index (χ2v) is 6.48. The molecule has 4 nitrogen and oxygen atoms in total. The van der Waals surface area contributed by atoms with Crippen molar-refractivity contribution in [3.63, 3.8) is 0 Å². The zero-order chi connectivity index (χ0) is 11.8. The first-order valence-corrected chi connectivity index (χ1v) is 6.92. The normalized spacial score (nSPS) is 14.7. The molecule has 88 valence electrons. The summed E-state index contributed by atoms with van der Waals surface area (Å²) in [5.74, 6) is 0. The first-order chi connectivity index (χ1) is 7.49. The smallest absolute Gasteiger partial charge is 0.235 e. The summed E-state index contributed by atoms with van der Waals surface area (Å²) in [7, 11) is -3.24. The van der Waals surface area contributed by atoms with Gasteiger partial charge < -0.3 is 5.32 Å². The molecular weight excluding hydrogens is 224 g/mol. The molecule has 16 heavy (non-hydrogen) atoms. The first-order valence-electron chi connectivity index (χ1n) is 5.37. The molecule has 1 heterocycles. The van der Waals surface area contributed by atoms with Crippen LogP contribution in [0.5, 0.6) is 0 Å². The van der Waals surface area contributed by atoms with Crippen molar-refractivity contribution >= 4 is 21.4 Å². The van der Waals surface area contributed by atoms with Crippen molar-refractivity contribution in [2.75, 3.05) is 16.6 Å². The van der Waals surface area contributed by atoms with Gasteiger partial charge in [-0.1, -0.05) is 0 Å². The van der Waals surface area contributed by atoms with Crippen LogP contribution >= 0.6 is 0 Å². The molecule has 0 unspecified atom stereocenters. The fraction of sp³-hybridized carbons (Fsp3) is 0.455. The Morgan fingerprint density at radius 3 is 2.81 bits per heavy atom. The van der Waals surface area contributed by atoms with E-state index in [2.05, 4.69) is 10.0 Å². The standard InChI is InChI=1S/C11H16N2O2S/c1-8(2)16(14,15)13-10-3-4-11-9(7-10)5-6-12-11/h3-4,7-8,12-13H,5-6H2,1-2H3. The monoisotopic (exact) mass is 240 g/mol. The average molecular weight is 240 g/mol. The van der Waals surface area contributed by atoms with Gasteiger partial charge in [-0.15, -0.1) is 0 Å². The van der Waals surface area contributed by atoms with Gasteiger partial charge in [-0.2, -0.15) is 0 Å². The van der Waals surface area contributed by atoms with Gasteiger partial charge in [0.05, 0.1) is 5.25 Å². The van der Waals surface area contributed by atoms with Crippen LogP contribution in [0, 0.1) is 0 Å². The molecule has 1 aromatic rings. The number of rotatable bonds is 3. The second kappa shape index (κ2) is 3.97. The second-order valence-electron chi connectivity index (χ2n) is 4.24. The summed E-state index contributed by atoms with van der Waals surface area (Å²) >= 11 is 0. The molecule has 0 radical (unpaired) electrons. The minimum atomic E-state index is -3.24. The van der Waals surface area contributed by atoms with Gasteiger partial charge in [-0.05, 0) is 44.0 Å². The van der Waals surface area contributed by atoms with Crippen molar-refractivity contribution in [3.8, 4) is 0 Å². The van der Waals surface area contributed by atoms with Gasteiger partial charge >= 0.3 is 0 Å². The van der Waals surface area contributed by atoms with Crippen LogP contribution in [-0.2, 0) is 16.4 Å². The molecule has 0 aromatic heterocycles. The Hall–Kier alpha value is -1.23. The maximum absolute atomic E-state index is 11.7. The summed E-state index contributed by atoms with van der Waals surface area (Å²) < 4.78 is 25.9. The van der Waals surface area contributed by atoms with Crippen molar-refractivity contribution in [1.29, 1.82) is 0 Å². The number of hydrogen-bond donors (Lipinski definition) is 2. The van der Waals surface area contributed by atoms with Gasteiger partial charge in [-0.3, -0.25) is 4.72 Å². The summed E-state index contributed by atoms with van der Waals surface area (Å²) in [5, 5.41) is 2.82. The number of anilines is 2. The zero-order valence-corrected chi connectivity index (χ0v) is 10.3. The zero-order valence-electron chi connectivity index (χ0n) is 9.45. The number of nitrogens with one attached hydrogen (secondary N) is 2. The maximum Gasteiger partial charge on any atom is 0.235 e. The molecule has 0 saturated heterocycles. The molecule has 1 aliphatic heterocycles. The third kappa shape index (κ3) is 2.14. The molecule has 2 N–H and O–H groups in total. The molecule has 1 aromatic carbocycles. The van der Waals surface area contributed by atoms with E-state index in [-0.39, 0.29) is 0 Å². The molecule has 0 saturated carbocycles. The Balaban J connectivity index is 2.24. The molecule has 0 amide bonds. The molecule has 0 atom stereocenters. The van der Waals surface area contributed by atoms with Crippen molar-refractivity contribution in [2.45, 2.75) is 25.5 Å². The molecule has 1 aliphatic rings. The Morgan fingerprint density at radius 2 is 2.12 bits per heavy atom. The lowest BCUT2D eigenvalue weighted by Gasteiger charge is -2.11. The lowest BCUT2D eigenvalue weighted by atomic mass is 10.1. The van der Waals surface area contributed by atoms with Crippen molar-refractivity contribution < 1.29 is 8.42 Å². The summed E-state index contributed by atoms with van der Waals surface area (Å²) in [6.45, 7) is 4.25. The Labute approximate surface area is 96.1 Å². The fourth-order valence-corrected chi connectivity index (χ4v) is 2.34. The van der Waals surface area contributed by atoms with Crippen LogP contribution in [0.1, 0.15) is 19.4 Å². The van der Waals surface area contributed by atoms with Crippen LogP contribution in [0.3, 0.4) is 0 Å². The van der Waals surface area contributed by atoms with E-state index in [0.29, 0.717) is 5.69 Å². The molecule has 2 rings (SSSR count). The Bertz CT molecular complexity index is 495. The summed E-state index contributed by atoms with van der Waals surface area (Å²) in [6, 6.07) is 5.60. The lowest BCUT2D eigenvalue weighted by Crippen LogP contribution is -2.22. The van der Waals surface area contributed by atoms with E-state index in [1.54, 1.807) is 19.9 Å². The highest BCUT2D eigenvalue weighted by atomic mass is 32.2.